The standard InChI is InChI=1S/C13H28N2/c1-4-5-6-9-14-11-13(3)15-10-7-8-12(15)2/h12-14H,4-11H2,1-3H3. The number of unbranched alkanes of at least 4 members (excludes halogenated alkanes) is 2. The molecule has 1 N–H and O–H groups in total. The summed E-state index contributed by atoms with van der Waals surface area (Å²) in [7, 11) is 0. The van der Waals surface area contributed by atoms with Crippen molar-refractivity contribution < 1.29 is 0 Å². The van der Waals surface area contributed by atoms with Crippen LogP contribution in [0.3, 0.4) is 0 Å². The highest BCUT2D eigenvalue weighted by molar-refractivity contribution is 4.80. The minimum atomic E-state index is 0.712. The fourth-order valence-electron chi connectivity index (χ4n) is 2.54. The average Bonchev–Trinajstić information content (AvgIpc) is 2.64. The van der Waals surface area contributed by atoms with E-state index in [0.29, 0.717) is 6.04 Å². The molecular formula is C13H28N2. The first-order valence-corrected chi connectivity index (χ1v) is 6.72. The lowest BCUT2D eigenvalue weighted by molar-refractivity contribution is 0.198. The SMILES string of the molecule is CCCCCNCC(C)N1CCCC1C. The Kier molecular flexibility index (Phi) is 6.26. The molecule has 0 bridgehead atoms. The molecule has 0 amide bonds. The number of nitrogens with zero attached hydrogens (tertiary/aromatic N) is 1. The van der Waals surface area contributed by atoms with Gasteiger partial charge in [0.25, 0.3) is 0 Å². The van der Waals surface area contributed by atoms with Crippen LogP contribution in [0, 0.1) is 0 Å². The lowest BCUT2D eigenvalue weighted by atomic mass is 10.2. The molecule has 0 spiro atoms. The van der Waals surface area contributed by atoms with Crippen LogP contribution in [0.4, 0.5) is 0 Å². The van der Waals surface area contributed by atoms with Crippen LogP contribution >= 0.6 is 0 Å². The van der Waals surface area contributed by atoms with Crippen molar-refractivity contribution in [3.05, 3.63) is 0 Å². The third-order valence-electron chi connectivity index (χ3n) is 3.57. The first-order chi connectivity index (χ1) is 7.25. The second-order valence-corrected chi connectivity index (χ2v) is 4.99. The van der Waals surface area contributed by atoms with Crippen molar-refractivity contribution in [2.24, 2.45) is 0 Å². The third-order valence-corrected chi connectivity index (χ3v) is 3.57. The van der Waals surface area contributed by atoms with Gasteiger partial charge in [-0.1, -0.05) is 19.8 Å². The van der Waals surface area contributed by atoms with E-state index in [1.807, 2.05) is 0 Å². The van der Waals surface area contributed by atoms with Crippen molar-refractivity contribution in [1.82, 2.24) is 10.2 Å². The molecule has 2 unspecified atom stereocenters. The van der Waals surface area contributed by atoms with Gasteiger partial charge in [-0.2, -0.15) is 0 Å². The fourth-order valence-corrected chi connectivity index (χ4v) is 2.54. The summed E-state index contributed by atoms with van der Waals surface area (Å²) in [5.74, 6) is 0. The molecule has 0 saturated carbocycles. The van der Waals surface area contributed by atoms with Gasteiger partial charge in [0.1, 0.15) is 0 Å². The van der Waals surface area contributed by atoms with Crippen LogP contribution in [-0.4, -0.2) is 36.6 Å². The van der Waals surface area contributed by atoms with Gasteiger partial charge in [-0.15, -0.1) is 0 Å². The Morgan fingerprint density at radius 3 is 2.80 bits per heavy atom. The summed E-state index contributed by atoms with van der Waals surface area (Å²) in [6, 6.07) is 1.52. The van der Waals surface area contributed by atoms with Gasteiger partial charge in [0.05, 0.1) is 0 Å². The Bertz CT molecular complexity index is 159. The molecule has 1 fully saturated rings. The minimum absolute atomic E-state index is 0.712. The van der Waals surface area contributed by atoms with Crippen molar-refractivity contribution in [1.29, 1.82) is 0 Å². The average molecular weight is 212 g/mol. The lowest BCUT2D eigenvalue weighted by Crippen LogP contribution is -2.42. The van der Waals surface area contributed by atoms with Crippen LogP contribution in [0.15, 0.2) is 0 Å². The first-order valence-electron chi connectivity index (χ1n) is 6.72. The van der Waals surface area contributed by atoms with E-state index < -0.39 is 0 Å². The van der Waals surface area contributed by atoms with Crippen LogP contribution in [0.25, 0.3) is 0 Å². The molecule has 15 heavy (non-hydrogen) atoms. The highest BCUT2D eigenvalue weighted by atomic mass is 15.2. The van der Waals surface area contributed by atoms with Crippen LogP contribution in [0.1, 0.15) is 52.9 Å². The Balaban J connectivity index is 2.05. The van der Waals surface area contributed by atoms with E-state index in [1.165, 1.54) is 45.2 Å². The van der Waals surface area contributed by atoms with E-state index in [2.05, 4.69) is 31.0 Å². The largest absolute Gasteiger partial charge is 0.315 e. The van der Waals surface area contributed by atoms with Crippen LogP contribution < -0.4 is 5.32 Å². The van der Waals surface area contributed by atoms with E-state index in [1.54, 1.807) is 0 Å². The molecule has 0 aromatic carbocycles. The molecule has 0 aromatic rings. The molecule has 1 heterocycles. The van der Waals surface area contributed by atoms with E-state index in [9.17, 15) is 0 Å². The zero-order chi connectivity index (χ0) is 11.1. The normalized spacial score (nSPS) is 24.6. The first kappa shape index (κ1) is 13.0. The van der Waals surface area contributed by atoms with Gasteiger partial charge < -0.3 is 5.32 Å². The van der Waals surface area contributed by atoms with Crippen molar-refractivity contribution in [2.45, 2.75) is 65.0 Å². The molecule has 2 atom stereocenters. The molecule has 0 aromatic heterocycles. The van der Waals surface area contributed by atoms with Crippen molar-refractivity contribution in [2.75, 3.05) is 19.6 Å². The quantitative estimate of drug-likeness (QED) is 0.653. The van der Waals surface area contributed by atoms with Gasteiger partial charge in [0.15, 0.2) is 0 Å². The molecule has 1 rings (SSSR count). The molecule has 2 heteroatoms. The predicted octanol–water partition coefficient (Wildman–Crippen LogP) is 2.64. The number of rotatable bonds is 7. The zero-order valence-corrected chi connectivity index (χ0v) is 10.8. The van der Waals surface area contributed by atoms with E-state index in [-0.39, 0.29) is 0 Å². The summed E-state index contributed by atoms with van der Waals surface area (Å²) in [4.78, 5) is 2.65. The van der Waals surface area contributed by atoms with Crippen LogP contribution in [-0.2, 0) is 0 Å². The van der Waals surface area contributed by atoms with Crippen molar-refractivity contribution >= 4 is 0 Å². The third kappa shape index (κ3) is 4.52. The molecule has 0 radical (unpaired) electrons. The molecule has 0 aliphatic carbocycles. The van der Waals surface area contributed by atoms with E-state index in [4.69, 9.17) is 0 Å². The van der Waals surface area contributed by atoms with Crippen molar-refractivity contribution in [3.63, 3.8) is 0 Å². The number of nitrogens with one attached hydrogen (secondary N) is 1. The van der Waals surface area contributed by atoms with Crippen LogP contribution in [0.2, 0.25) is 0 Å². The van der Waals surface area contributed by atoms with Gasteiger partial charge in [-0.25, -0.2) is 0 Å². The monoisotopic (exact) mass is 212 g/mol. The molecule has 1 aliphatic heterocycles. The van der Waals surface area contributed by atoms with Gasteiger partial charge in [0.2, 0.25) is 0 Å². The number of hydrogen-bond donors (Lipinski definition) is 1. The number of likely N-dealkylation sites (tertiary alicyclic amines) is 1. The van der Waals surface area contributed by atoms with Crippen LogP contribution in [0.5, 0.6) is 0 Å². The fraction of sp³-hybridized carbons (Fsp3) is 1.00. The van der Waals surface area contributed by atoms with Gasteiger partial charge in [0, 0.05) is 18.6 Å². The molecule has 90 valence electrons. The van der Waals surface area contributed by atoms with Gasteiger partial charge >= 0.3 is 0 Å². The molecular weight excluding hydrogens is 184 g/mol. The molecule has 2 nitrogen and oxygen atoms in total. The van der Waals surface area contributed by atoms with E-state index in [0.717, 1.165) is 12.6 Å². The molecule has 1 aliphatic rings. The summed E-state index contributed by atoms with van der Waals surface area (Å²) >= 11 is 0. The lowest BCUT2D eigenvalue weighted by Gasteiger charge is -2.28. The summed E-state index contributed by atoms with van der Waals surface area (Å²) in [6.07, 6.45) is 6.79. The Morgan fingerprint density at radius 1 is 1.40 bits per heavy atom. The maximum absolute atomic E-state index is 3.58. The topological polar surface area (TPSA) is 15.3 Å². The predicted molar refractivity (Wildman–Crippen MR) is 67.3 cm³/mol. The van der Waals surface area contributed by atoms with Crippen molar-refractivity contribution in [3.8, 4) is 0 Å². The second-order valence-electron chi connectivity index (χ2n) is 4.99. The van der Waals surface area contributed by atoms with Gasteiger partial charge in [-0.05, 0) is 46.2 Å². The second kappa shape index (κ2) is 7.24. The summed E-state index contributed by atoms with van der Waals surface area (Å²) in [5.41, 5.74) is 0. The molecule has 1 saturated heterocycles. The zero-order valence-electron chi connectivity index (χ0n) is 10.8. The maximum atomic E-state index is 3.58. The highest BCUT2D eigenvalue weighted by Gasteiger charge is 2.24. The Morgan fingerprint density at radius 2 is 2.20 bits per heavy atom. The summed E-state index contributed by atoms with van der Waals surface area (Å²) < 4.78 is 0. The highest BCUT2D eigenvalue weighted by Crippen LogP contribution is 2.18. The maximum Gasteiger partial charge on any atom is 0.0195 e. The van der Waals surface area contributed by atoms with Gasteiger partial charge in [-0.3, -0.25) is 4.90 Å². The summed E-state index contributed by atoms with van der Waals surface area (Å²) in [6.45, 7) is 10.6. The summed E-state index contributed by atoms with van der Waals surface area (Å²) in [5, 5.41) is 3.58. The Hall–Kier alpha value is -0.0800. The number of hydrogen-bond acceptors (Lipinski definition) is 2. The smallest absolute Gasteiger partial charge is 0.0195 e. The minimum Gasteiger partial charge on any atom is -0.315 e. The van der Waals surface area contributed by atoms with E-state index >= 15 is 0 Å². The Labute approximate surface area is 95.4 Å².